The number of likely N-dealkylation sites (N-methyl/N-ethyl adjacent to an activating group) is 1. The summed E-state index contributed by atoms with van der Waals surface area (Å²) in [6, 6.07) is 19.6. The van der Waals surface area contributed by atoms with Gasteiger partial charge in [-0.3, -0.25) is 4.79 Å². The first-order chi connectivity index (χ1) is 20.1. The fourth-order valence-corrected chi connectivity index (χ4v) is 5.48. The van der Waals surface area contributed by atoms with Crippen molar-refractivity contribution in [2.24, 2.45) is 0 Å². The van der Waals surface area contributed by atoms with Crippen LogP contribution in [0.15, 0.2) is 72.6 Å². The zero-order valence-corrected chi connectivity index (χ0v) is 24.8. The molecular formula is C33H37N7O2. The van der Waals surface area contributed by atoms with Crippen LogP contribution in [-0.4, -0.2) is 62.5 Å². The highest BCUT2D eigenvalue weighted by Gasteiger charge is 2.33. The van der Waals surface area contributed by atoms with E-state index in [0.717, 1.165) is 52.2 Å². The van der Waals surface area contributed by atoms with Gasteiger partial charge < -0.3 is 24.8 Å². The van der Waals surface area contributed by atoms with E-state index in [1.54, 1.807) is 6.08 Å². The summed E-state index contributed by atoms with van der Waals surface area (Å²) in [6.07, 6.45) is 4.95. The Bertz CT molecular complexity index is 1660. The fourth-order valence-electron chi connectivity index (χ4n) is 5.48. The first-order valence-corrected chi connectivity index (χ1v) is 14.1. The number of carbonyl (C=O) groups excluding carboxylic acids is 1. The van der Waals surface area contributed by atoms with Crippen LogP contribution in [0.4, 0.5) is 5.82 Å². The average Bonchev–Trinajstić information content (AvgIpc) is 3.55. The number of fused-ring (bicyclic) bond motifs is 1. The van der Waals surface area contributed by atoms with Crippen LogP contribution in [0, 0.1) is 18.3 Å². The van der Waals surface area contributed by atoms with Gasteiger partial charge in [-0.2, -0.15) is 5.26 Å². The van der Waals surface area contributed by atoms with Crippen LogP contribution in [0.3, 0.4) is 0 Å². The number of aromatic nitrogens is 3. The van der Waals surface area contributed by atoms with Gasteiger partial charge >= 0.3 is 0 Å². The van der Waals surface area contributed by atoms with Crippen molar-refractivity contribution in [3.63, 3.8) is 0 Å². The molecule has 9 nitrogen and oxygen atoms in total. The molecule has 3 heterocycles. The molecule has 9 heteroatoms. The monoisotopic (exact) mass is 563 g/mol. The largest absolute Gasteiger partial charge is 0.457 e. The van der Waals surface area contributed by atoms with Gasteiger partial charge in [0.25, 0.3) is 5.91 Å². The molecule has 42 heavy (non-hydrogen) atoms. The maximum atomic E-state index is 13.6. The van der Waals surface area contributed by atoms with E-state index in [-0.39, 0.29) is 17.5 Å². The van der Waals surface area contributed by atoms with Gasteiger partial charge in [0.2, 0.25) is 0 Å². The molecule has 0 saturated carbocycles. The molecule has 1 atom stereocenters. The van der Waals surface area contributed by atoms with Crippen molar-refractivity contribution in [3.05, 3.63) is 78.3 Å². The third-order valence-corrected chi connectivity index (χ3v) is 8.28. The molecule has 2 N–H and O–H groups in total. The summed E-state index contributed by atoms with van der Waals surface area (Å²) in [6.45, 7) is 7.17. The van der Waals surface area contributed by atoms with Crippen molar-refractivity contribution in [3.8, 4) is 28.7 Å². The van der Waals surface area contributed by atoms with Gasteiger partial charge in [0.05, 0.1) is 11.4 Å². The van der Waals surface area contributed by atoms with Crippen LogP contribution in [0.5, 0.6) is 11.5 Å². The Kier molecular flexibility index (Phi) is 8.01. The summed E-state index contributed by atoms with van der Waals surface area (Å²) in [5.74, 6) is 1.68. The van der Waals surface area contributed by atoms with Crippen molar-refractivity contribution in [1.82, 2.24) is 24.3 Å². The molecule has 0 aliphatic carbocycles. The van der Waals surface area contributed by atoms with Crippen LogP contribution in [0.1, 0.15) is 32.4 Å². The maximum absolute atomic E-state index is 13.6. The number of amides is 1. The minimum atomic E-state index is -0.436. The molecule has 216 valence electrons. The molecule has 1 aliphatic rings. The van der Waals surface area contributed by atoms with Gasteiger partial charge in [0, 0.05) is 29.9 Å². The molecule has 1 amide bonds. The van der Waals surface area contributed by atoms with E-state index in [4.69, 9.17) is 10.5 Å². The summed E-state index contributed by atoms with van der Waals surface area (Å²) in [5.41, 5.74) is 9.80. The Morgan fingerprint density at radius 2 is 1.83 bits per heavy atom. The van der Waals surface area contributed by atoms with Crippen LogP contribution >= 0.6 is 0 Å². The number of benzene rings is 2. The zero-order valence-electron chi connectivity index (χ0n) is 24.8. The van der Waals surface area contributed by atoms with E-state index < -0.39 is 5.54 Å². The van der Waals surface area contributed by atoms with E-state index >= 15 is 0 Å². The summed E-state index contributed by atoms with van der Waals surface area (Å²) in [5, 5.41) is 10.7. The van der Waals surface area contributed by atoms with Crippen LogP contribution < -0.4 is 10.5 Å². The normalized spacial score (nSPS) is 15.8. The number of nitrogens with two attached hydrogens (primary N) is 1. The first-order valence-electron chi connectivity index (χ1n) is 14.1. The number of nitrogen functional groups attached to an aromatic ring is 1. The number of rotatable bonds is 8. The van der Waals surface area contributed by atoms with E-state index in [2.05, 4.69) is 20.6 Å². The topological polar surface area (TPSA) is 113 Å². The van der Waals surface area contributed by atoms with E-state index in [1.807, 2.05) is 99.3 Å². The van der Waals surface area contributed by atoms with Crippen molar-refractivity contribution in [2.75, 3.05) is 26.4 Å². The third kappa shape index (κ3) is 5.58. The Hall–Kier alpha value is -4.68. The highest BCUT2D eigenvalue weighted by Crippen LogP contribution is 2.38. The van der Waals surface area contributed by atoms with Gasteiger partial charge in [-0.05, 0) is 83.6 Å². The predicted molar refractivity (Wildman–Crippen MR) is 165 cm³/mol. The smallest absolute Gasteiger partial charge is 0.264 e. The fraction of sp³-hybridized carbons (Fsp3) is 0.333. The second-order valence-electron chi connectivity index (χ2n) is 11.5. The Morgan fingerprint density at radius 3 is 2.50 bits per heavy atom. The molecule has 1 fully saturated rings. The molecule has 4 aromatic rings. The third-order valence-electron chi connectivity index (χ3n) is 8.28. The molecule has 1 saturated heterocycles. The number of nitrogens with zero attached hydrogens (tertiary/aromatic N) is 6. The van der Waals surface area contributed by atoms with Crippen molar-refractivity contribution in [2.45, 2.75) is 51.7 Å². The second-order valence-corrected chi connectivity index (χ2v) is 11.5. The lowest BCUT2D eigenvalue weighted by Gasteiger charge is -2.30. The second kappa shape index (κ2) is 11.7. The zero-order chi connectivity index (χ0) is 30.0. The van der Waals surface area contributed by atoms with Crippen LogP contribution in [0.25, 0.3) is 22.2 Å². The lowest BCUT2D eigenvalue weighted by molar-refractivity contribution is -0.127. The first kappa shape index (κ1) is 28.8. The van der Waals surface area contributed by atoms with Gasteiger partial charge in [0.1, 0.15) is 40.9 Å². The highest BCUT2D eigenvalue weighted by atomic mass is 16.5. The van der Waals surface area contributed by atoms with E-state index in [1.165, 1.54) is 6.33 Å². The van der Waals surface area contributed by atoms with Gasteiger partial charge in [-0.25, -0.2) is 9.97 Å². The average molecular weight is 564 g/mol. The lowest BCUT2D eigenvalue weighted by atomic mass is 9.99. The number of carbonyl (C=O) groups is 1. The minimum Gasteiger partial charge on any atom is -0.457 e. The van der Waals surface area contributed by atoms with Crippen molar-refractivity contribution >= 4 is 22.8 Å². The van der Waals surface area contributed by atoms with Gasteiger partial charge in [-0.15, -0.1) is 0 Å². The summed E-state index contributed by atoms with van der Waals surface area (Å²) in [7, 11) is 3.87. The predicted octanol–water partition coefficient (Wildman–Crippen LogP) is 5.56. The Balaban J connectivity index is 1.47. The number of hydrogen-bond acceptors (Lipinski definition) is 7. The summed E-state index contributed by atoms with van der Waals surface area (Å²) < 4.78 is 8.12. The van der Waals surface area contributed by atoms with Crippen LogP contribution in [0.2, 0.25) is 0 Å². The molecule has 5 rings (SSSR count). The van der Waals surface area contributed by atoms with Gasteiger partial charge in [-0.1, -0.05) is 30.3 Å². The quantitative estimate of drug-likeness (QED) is 0.220. The van der Waals surface area contributed by atoms with Crippen LogP contribution in [-0.2, 0) is 11.3 Å². The van der Waals surface area contributed by atoms with E-state index in [9.17, 15) is 10.1 Å². The van der Waals surface area contributed by atoms with Crippen molar-refractivity contribution < 1.29 is 9.53 Å². The molecule has 1 aliphatic heterocycles. The summed E-state index contributed by atoms with van der Waals surface area (Å²) in [4.78, 5) is 26.4. The molecule has 2 aromatic heterocycles. The van der Waals surface area contributed by atoms with Gasteiger partial charge in [0.15, 0.2) is 0 Å². The Morgan fingerprint density at radius 1 is 1.14 bits per heavy atom. The molecular weight excluding hydrogens is 526 g/mol. The Labute approximate surface area is 246 Å². The highest BCUT2D eigenvalue weighted by molar-refractivity contribution is 6.02. The molecule has 0 spiro atoms. The molecule has 0 unspecified atom stereocenters. The summed E-state index contributed by atoms with van der Waals surface area (Å²) >= 11 is 0. The lowest BCUT2D eigenvalue weighted by Crippen LogP contribution is -2.41. The van der Waals surface area contributed by atoms with E-state index in [0.29, 0.717) is 18.9 Å². The number of para-hydroxylation sites is 1. The number of hydrogen-bond donors (Lipinski definition) is 1. The van der Waals surface area contributed by atoms with Crippen molar-refractivity contribution in [1.29, 1.82) is 5.26 Å². The molecule has 0 radical (unpaired) electrons. The number of likely N-dealkylation sites (tertiary alicyclic amines) is 1. The molecule has 2 aromatic carbocycles. The SMILES string of the molecule is Cc1c(-c2ccc(Oc3ccccc3)cc2)c2c(N)ncnc2n1C[C@H]1CCCN1C(=O)/C(C#N)=C/C(C)(C)N(C)C. The number of anilines is 1. The standard InChI is InChI=1S/C33H37N7O2/c1-22-28(23-13-15-27(16-14-23)42-26-11-7-6-8-12-26)29-30(35)36-21-37-31(29)40(22)20-25-10-9-17-39(25)32(41)24(19-34)18-33(2,3)38(4)5/h6-8,11-16,18,21,25H,9-10,17,20H2,1-5H3,(H2,35,36,37)/b24-18+/t25-/m1/s1. The maximum Gasteiger partial charge on any atom is 0.264 e. The number of nitriles is 1. The molecule has 0 bridgehead atoms. The minimum absolute atomic E-state index is 0.0864. The number of ether oxygens (including phenoxy) is 1.